The monoisotopic (exact) mass is 502 g/mol. The Bertz CT molecular complexity index is 935. The number of nitrogens with zero attached hydrogens (tertiary/aromatic N) is 2. The van der Waals surface area contributed by atoms with Crippen molar-refractivity contribution in [1.29, 1.82) is 0 Å². The minimum Gasteiger partial charge on any atom is -0.477 e. The van der Waals surface area contributed by atoms with Crippen molar-refractivity contribution in [2.45, 2.75) is 96.9 Å². The third-order valence-corrected chi connectivity index (χ3v) is 9.82. The van der Waals surface area contributed by atoms with Gasteiger partial charge < -0.3 is 14.9 Å². The summed E-state index contributed by atoms with van der Waals surface area (Å²) in [4.78, 5) is 44.8. The number of carbonyl (C=O) groups is 3. The Kier molecular flexibility index (Phi) is 8.06. The van der Waals surface area contributed by atoms with Gasteiger partial charge in [0.25, 0.3) is 0 Å². The van der Waals surface area contributed by atoms with Gasteiger partial charge in [-0.15, -0.1) is 11.3 Å². The quantitative estimate of drug-likeness (QED) is 0.537. The van der Waals surface area contributed by atoms with Crippen LogP contribution in [0.2, 0.25) is 0 Å². The Morgan fingerprint density at radius 2 is 1.77 bits per heavy atom. The number of ketones is 1. The van der Waals surface area contributed by atoms with Gasteiger partial charge in [-0.05, 0) is 81.9 Å². The Morgan fingerprint density at radius 1 is 1.11 bits per heavy atom. The standard InChI is InChI=1S/C28H42N2O4S/c1-18-7-9-19(10-8-18)26(32)30(22-16-24(28(2,3)4)35-25(22)27(33)34)21-11-12-23(31)20(15-21)17-29-13-5-6-14-29/h16,18-21H,5-15,17H2,1-4H3,(H,33,34)/t18-,19-,20?,21-/m1/s1. The highest BCUT2D eigenvalue weighted by molar-refractivity contribution is 7.14. The van der Waals surface area contributed by atoms with E-state index < -0.39 is 5.97 Å². The SMILES string of the molecule is CC(C)(C)c1cc(N(C(=O)[C@H]2CC[C@H](C)CC2)[C@@H]2CCC(=O)C(CN3CCCC3)C2)c(C(=O)O)s1. The Morgan fingerprint density at radius 3 is 2.37 bits per heavy atom. The summed E-state index contributed by atoms with van der Waals surface area (Å²) in [7, 11) is 0. The van der Waals surface area contributed by atoms with E-state index in [1.54, 1.807) is 0 Å². The number of carboxylic acids is 1. The molecule has 1 aliphatic heterocycles. The van der Waals surface area contributed by atoms with Crippen LogP contribution >= 0.6 is 11.3 Å². The molecular weight excluding hydrogens is 460 g/mol. The highest BCUT2D eigenvalue weighted by atomic mass is 32.1. The summed E-state index contributed by atoms with van der Waals surface area (Å²) in [5, 5.41) is 10.1. The van der Waals surface area contributed by atoms with Gasteiger partial charge in [0.2, 0.25) is 5.91 Å². The van der Waals surface area contributed by atoms with Crippen molar-refractivity contribution < 1.29 is 19.5 Å². The van der Waals surface area contributed by atoms with Gasteiger partial charge in [0, 0.05) is 35.7 Å². The van der Waals surface area contributed by atoms with Gasteiger partial charge >= 0.3 is 5.97 Å². The highest BCUT2D eigenvalue weighted by Crippen LogP contribution is 2.42. The van der Waals surface area contributed by atoms with E-state index in [4.69, 9.17) is 0 Å². The summed E-state index contributed by atoms with van der Waals surface area (Å²) in [5.74, 6) is -0.130. The van der Waals surface area contributed by atoms with Gasteiger partial charge in [0.1, 0.15) is 10.7 Å². The second kappa shape index (κ2) is 10.7. The fraction of sp³-hybridized carbons (Fsp3) is 0.750. The zero-order valence-corrected chi connectivity index (χ0v) is 22.7. The van der Waals surface area contributed by atoms with Crippen LogP contribution in [0.15, 0.2) is 6.07 Å². The van der Waals surface area contributed by atoms with Crippen LogP contribution in [0.1, 0.15) is 100 Å². The van der Waals surface area contributed by atoms with Crippen LogP contribution in [0.25, 0.3) is 0 Å². The highest BCUT2D eigenvalue weighted by Gasteiger charge is 2.40. The molecule has 2 heterocycles. The predicted octanol–water partition coefficient (Wildman–Crippen LogP) is 5.74. The van der Waals surface area contributed by atoms with E-state index in [1.165, 1.54) is 24.2 Å². The van der Waals surface area contributed by atoms with Crippen LogP contribution in [0.5, 0.6) is 0 Å². The average Bonchev–Trinajstić information content (AvgIpc) is 3.47. The topological polar surface area (TPSA) is 77.9 Å². The number of Topliss-reactive ketones (excluding diaryl/α,β-unsaturated/α-hetero) is 1. The lowest BCUT2D eigenvalue weighted by molar-refractivity contribution is -0.128. The fourth-order valence-corrected chi connectivity index (χ4v) is 7.11. The lowest BCUT2D eigenvalue weighted by atomic mass is 9.80. The number of carbonyl (C=O) groups excluding carboxylic acids is 2. The van der Waals surface area contributed by atoms with E-state index in [1.807, 2.05) is 11.0 Å². The zero-order valence-electron chi connectivity index (χ0n) is 21.8. The van der Waals surface area contributed by atoms with E-state index in [-0.39, 0.29) is 34.1 Å². The van der Waals surface area contributed by atoms with E-state index in [0.29, 0.717) is 36.7 Å². The first-order valence-corrected chi connectivity index (χ1v) is 14.3. The van der Waals surface area contributed by atoms with Crippen molar-refractivity contribution in [3.05, 3.63) is 15.8 Å². The smallest absolute Gasteiger partial charge is 0.348 e. The molecule has 194 valence electrons. The first-order chi connectivity index (χ1) is 16.5. The van der Waals surface area contributed by atoms with Gasteiger partial charge in [0.05, 0.1) is 5.69 Å². The Hall–Kier alpha value is -1.73. The predicted molar refractivity (Wildman–Crippen MR) is 140 cm³/mol. The van der Waals surface area contributed by atoms with Gasteiger partial charge in [-0.2, -0.15) is 0 Å². The molecule has 3 fully saturated rings. The molecule has 3 aliphatic rings. The van der Waals surface area contributed by atoms with Crippen LogP contribution in [-0.4, -0.2) is 53.3 Å². The molecule has 0 aromatic carbocycles. The van der Waals surface area contributed by atoms with Crippen molar-refractivity contribution in [3.8, 4) is 0 Å². The second-order valence-electron chi connectivity index (χ2n) is 12.1. The first-order valence-electron chi connectivity index (χ1n) is 13.5. The molecule has 1 aromatic rings. The number of carboxylic acid groups (broad SMARTS) is 1. The summed E-state index contributed by atoms with van der Waals surface area (Å²) >= 11 is 1.29. The number of aromatic carboxylic acids is 1. The summed E-state index contributed by atoms with van der Waals surface area (Å²) < 4.78 is 0. The number of rotatable bonds is 6. The number of thiophene rings is 1. The molecule has 1 unspecified atom stereocenters. The van der Waals surface area contributed by atoms with Crippen molar-refractivity contribution in [1.82, 2.24) is 4.90 Å². The molecule has 4 rings (SSSR count). The van der Waals surface area contributed by atoms with Gasteiger partial charge in [-0.1, -0.05) is 27.7 Å². The number of likely N-dealkylation sites (tertiary alicyclic amines) is 1. The second-order valence-corrected chi connectivity index (χ2v) is 13.2. The van der Waals surface area contributed by atoms with E-state index >= 15 is 0 Å². The summed E-state index contributed by atoms with van der Waals surface area (Å²) in [5.41, 5.74) is 0.346. The molecule has 0 spiro atoms. The van der Waals surface area contributed by atoms with Crippen LogP contribution in [0, 0.1) is 17.8 Å². The molecule has 1 N–H and O–H groups in total. The lowest BCUT2D eigenvalue weighted by Gasteiger charge is -2.40. The number of amides is 1. The summed E-state index contributed by atoms with van der Waals surface area (Å²) in [6.07, 6.45) is 7.86. The molecular formula is C28H42N2O4S. The lowest BCUT2D eigenvalue weighted by Crippen LogP contribution is -2.49. The van der Waals surface area contributed by atoms with Crippen molar-refractivity contribution in [3.63, 3.8) is 0 Å². The molecule has 6 nitrogen and oxygen atoms in total. The molecule has 2 aliphatic carbocycles. The molecule has 1 saturated heterocycles. The van der Waals surface area contributed by atoms with Crippen LogP contribution < -0.4 is 4.90 Å². The van der Waals surface area contributed by atoms with Crippen molar-refractivity contribution >= 4 is 34.7 Å². The normalized spacial score (nSPS) is 28.3. The maximum atomic E-state index is 14.1. The molecule has 2 atom stereocenters. The minimum atomic E-state index is -0.976. The molecule has 7 heteroatoms. The average molecular weight is 503 g/mol. The Balaban J connectivity index is 1.68. The van der Waals surface area contributed by atoms with Crippen molar-refractivity contribution in [2.75, 3.05) is 24.5 Å². The molecule has 2 saturated carbocycles. The Labute approximate surface area is 214 Å². The van der Waals surface area contributed by atoms with Gasteiger partial charge in [0.15, 0.2) is 0 Å². The molecule has 0 bridgehead atoms. The van der Waals surface area contributed by atoms with Crippen molar-refractivity contribution in [2.24, 2.45) is 17.8 Å². The summed E-state index contributed by atoms with van der Waals surface area (Å²) in [6, 6.07) is 1.82. The number of anilines is 1. The van der Waals surface area contributed by atoms with E-state index in [2.05, 4.69) is 32.6 Å². The first kappa shape index (κ1) is 26.3. The van der Waals surface area contributed by atoms with Gasteiger partial charge in [-0.3, -0.25) is 9.59 Å². The maximum absolute atomic E-state index is 14.1. The third-order valence-electron chi connectivity index (χ3n) is 8.29. The molecule has 1 aromatic heterocycles. The largest absolute Gasteiger partial charge is 0.477 e. The molecule has 35 heavy (non-hydrogen) atoms. The minimum absolute atomic E-state index is 0.0666. The number of hydrogen-bond acceptors (Lipinski definition) is 5. The van der Waals surface area contributed by atoms with Crippen LogP contribution in [0.4, 0.5) is 5.69 Å². The van der Waals surface area contributed by atoms with Crippen LogP contribution in [-0.2, 0) is 15.0 Å². The maximum Gasteiger partial charge on any atom is 0.348 e. The summed E-state index contributed by atoms with van der Waals surface area (Å²) in [6.45, 7) is 11.3. The molecule has 1 amide bonds. The molecule has 0 radical (unpaired) electrons. The third kappa shape index (κ3) is 5.99. The van der Waals surface area contributed by atoms with E-state index in [9.17, 15) is 19.5 Å². The zero-order chi connectivity index (χ0) is 25.3. The number of hydrogen-bond donors (Lipinski definition) is 1. The van der Waals surface area contributed by atoms with Gasteiger partial charge in [-0.25, -0.2) is 4.79 Å². The van der Waals surface area contributed by atoms with E-state index in [0.717, 1.165) is 50.2 Å². The van der Waals surface area contributed by atoms with Crippen LogP contribution in [0.3, 0.4) is 0 Å². The fourth-order valence-electron chi connectivity index (χ4n) is 6.06.